The lowest BCUT2D eigenvalue weighted by Crippen LogP contribution is -2.44. The first kappa shape index (κ1) is 25.0. The summed E-state index contributed by atoms with van der Waals surface area (Å²) in [4.78, 5) is 23.1. The molecular weight excluding hydrogens is 424 g/mol. The second kappa shape index (κ2) is 10.9. The van der Waals surface area contributed by atoms with Crippen LogP contribution in [0.1, 0.15) is 31.8 Å². The number of carbonyl (C=O) groups excluding carboxylic acids is 2. The van der Waals surface area contributed by atoms with Crippen LogP contribution in [-0.2, 0) is 26.4 Å². The molecule has 0 N–H and O–H groups in total. The van der Waals surface area contributed by atoms with Gasteiger partial charge in [-0.1, -0.05) is 24.3 Å². The maximum Gasteiger partial charge on any atom is 0.337 e. The molecule has 0 radical (unpaired) electrons. The molecule has 0 atom stereocenters. The highest BCUT2D eigenvalue weighted by Crippen LogP contribution is 2.25. The van der Waals surface area contributed by atoms with E-state index >= 15 is 0 Å². The van der Waals surface area contributed by atoms with E-state index in [0.29, 0.717) is 11.1 Å². The molecule has 31 heavy (non-hydrogen) atoms. The van der Waals surface area contributed by atoms with Gasteiger partial charge < -0.3 is 13.6 Å². The Balaban J connectivity index is 1.87. The molecule has 7 heteroatoms. The van der Waals surface area contributed by atoms with E-state index in [1.54, 1.807) is 0 Å². The van der Waals surface area contributed by atoms with E-state index in [4.69, 9.17) is 13.6 Å². The zero-order chi connectivity index (χ0) is 23.1. The molecule has 0 unspecified atom stereocenters. The van der Waals surface area contributed by atoms with Gasteiger partial charge in [0, 0.05) is 0 Å². The summed E-state index contributed by atoms with van der Waals surface area (Å²) in [5.41, 5.74) is 3.57. The molecule has 0 bridgehead atoms. The molecule has 2 rings (SSSR count). The Kier molecular flexibility index (Phi) is 8.79. The first-order valence-electron chi connectivity index (χ1n) is 10.6. The fourth-order valence-electron chi connectivity index (χ4n) is 3.59. The number of aryl methyl sites for hydroxylation is 2. The van der Waals surface area contributed by atoms with Gasteiger partial charge in [0.05, 0.1) is 25.3 Å². The maximum absolute atomic E-state index is 11.6. The summed E-state index contributed by atoms with van der Waals surface area (Å²) in [6.45, 7) is 9.15. The van der Waals surface area contributed by atoms with Gasteiger partial charge in [0.2, 0.25) is 0 Å². The van der Waals surface area contributed by atoms with E-state index in [0.717, 1.165) is 24.9 Å². The van der Waals surface area contributed by atoms with Crippen molar-refractivity contribution in [1.29, 1.82) is 0 Å². The van der Waals surface area contributed by atoms with Crippen molar-refractivity contribution >= 4 is 28.6 Å². The second-order valence-corrected chi connectivity index (χ2v) is 17.9. The van der Waals surface area contributed by atoms with E-state index in [1.165, 1.54) is 25.3 Å². The molecule has 0 aliphatic carbocycles. The van der Waals surface area contributed by atoms with Gasteiger partial charge in [-0.3, -0.25) is 0 Å². The van der Waals surface area contributed by atoms with Gasteiger partial charge in [-0.05, 0) is 86.5 Å². The summed E-state index contributed by atoms with van der Waals surface area (Å²) < 4.78 is 16.3. The summed E-state index contributed by atoms with van der Waals surface area (Å²) >= 11 is 0. The van der Waals surface area contributed by atoms with E-state index in [-0.39, 0.29) is 11.9 Å². The first-order chi connectivity index (χ1) is 14.5. The molecule has 168 valence electrons. The minimum atomic E-state index is -1.82. The SMILES string of the molecule is COC(=O)c1ccc(CC[Si](C)(C)O[Si](C)(C)CCc2ccc(C(=O)OC)cc2)cc1. The minimum Gasteiger partial charge on any atom is -0.465 e. The number of esters is 2. The summed E-state index contributed by atoms with van der Waals surface area (Å²) in [6.07, 6.45) is 1.89. The van der Waals surface area contributed by atoms with Crippen LogP contribution < -0.4 is 0 Å². The van der Waals surface area contributed by atoms with Crippen LogP contribution in [-0.4, -0.2) is 42.8 Å². The maximum atomic E-state index is 11.6. The second-order valence-electron chi connectivity index (χ2n) is 9.00. The van der Waals surface area contributed by atoms with Crippen molar-refractivity contribution in [2.75, 3.05) is 14.2 Å². The smallest absolute Gasteiger partial charge is 0.337 e. The molecule has 5 nitrogen and oxygen atoms in total. The average Bonchev–Trinajstić information content (AvgIpc) is 2.75. The largest absolute Gasteiger partial charge is 0.465 e. The number of hydrogen-bond acceptors (Lipinski definition) is 5. The first-order valence-corrected chi connectivity index (χ1v) is 16.8. The summed E-state index contributed by atoms with van der Waals surface area (Å²) in [5.74, 6) is -0.616. The molecular formula is C24H34O5Si2. The van der Waals surface area contributed by atoms with Crippen molar-refractivity contribution in [2.24, 2.45) is 0 Å². The van der Waals surface area contributed by atoms with Crippen molar-refractivity contribution in [3.8, 4) is 0 Å². The third-order valence-electron chi connectivity index (χ3n) is 5.33. The highest BCUT2D eigenvalue weighted by Gasteiger charge is 2.32. The zero-order valence-electron chi connectivity index (χ0n) is 19.5. The standard InChI is InChI=1S/C24H34O5Si2/c1-27-23(25)21-11-7-19(8-12-21)15-17-30(3,4)29-31(5,6)18-16-20-9-13-22(14-10-20)24(26)28-2/h7-14H,15-18H2,1-6H3. The quantitative estimate of drug-likeness (QED) is 0.349. The molecule has 2 aromatic carbocycles. The van der Waals surface area contributed by atoms with Crippen molar-refractivity contribution in [1.82, 2.24) is 0 Å². The number of rotatable bonds is 10. The van der Waals surface area contributed by atoms with Gasteiger partial charge in [-0.15, -0.1) is 0 Å². The Bertz CT molecular complexity index is 800. The topological polar surface area (TPSA) is 61.8 Å². The van der Waals surface area contributed by atoms with Crippen LogP contribution in [0.2, 0.25) is 38.3 Å². The monoisotopic (exact) mass is 458 g/mol. The molecule has 0 spiro atoms. The highest BCUT2D eigenvalue weighted by molar-refractivity contribution is 6.84. The molecule has 2 aromatic rings. The average molecular weight is 459 g/mol. The lowest BCUT2D eigenvalue weighted by Gasteiger charge is -2.34. The lowest BCUT2D eigenvalue weighted by molar-refractivity contribution is 0.0592. The van der Waals surface area contributed by atoms with Gasteiger partial charge >= 0.3 is 11.9 Å². The van der Waals surface area contributed by atoms with Crippen LogP contribution in [0.4, 0.5) is 0 Å². The minimum absolute atomic E-state index is 0.308. The Morgan fingerprint density at radius 1 is 0.645 bits per heavy atom. The molecule has 0 saturated heterocycles. The van der Waals surface area contributed by atoms with E-state index in [9.17, 15) is 9.59 Å². The predicted octanol–water partition coefficient (Wildman–Crippen LogP) is 5.47. The molecule has 0 amide bonds. The van der Waals surface area contributed by atoms with Gasteiger partial charge in [-0.2, -0.15) is 0 Å². The van der Waals surface area contributed by atoms with Gasteiger partial charge in [0.15, 0.2) is 16.6 Å². The van der Waals surface area contributed by atoms with Crippen LogP contribution in [0.5, 0.6) is 0 Å². The van der Waals surface area contributed by atoms with Crippen molar-refractivity contribution in [2.45, 2.75) is 51.1 Å². The van der Waals surface area contributed by atoms with E-state index < -0.39 is 16.6 Å². The molecule has 0 aliphatic heterocycles. The summed E-state index contributed by atoms with van der Waals surface area (Å²) in [7, 11) is -0.857. The highest BCUT2D eigenvalue weighted by atomic mass is 28.4. The molecule has 0 fully saturated rings. The van der Waals surface area contributed by atoms with Crippen LogP contribution in [0, 0.1) is 0 Å². The summed E-state index contributed by atoms with van der Waals surface area (Å²) in [6, 6.07) is 17.3. The lowest BCUT2D eigenvalue weighted by atomic mass is 10.1. The third kappa shape index (κ3) is 8.08. The van der Waals surface area contributed by atoms with Gasteiger partial charge in [0.25, 0.3) is 0 Å². The van der Waals surface area contributed by atoms with Crippen molar-refractivity contribution < 1.29 is 23.2 Å². The summed E-state index contributed by atoms with van der Waals surface area (Å²) in [5, 5.41) is 0. The molecule has 0 aliphatic rings. The van der Waals surface area contributed by atoms with Crippen LogP contribution >= 0.6 is 0 Å². The Morgan fingerprint density at radius 3 is 1.26 bits per heavy atom. The number of methoxy groups -OCH3 is 2. The number of benzene rings is 2. The molecule has 0 aromatic heterocycles. The molecule has 0 heterocycles. The van der Waals surface area contributed by atoms with Crippen LogP contribution in [0.3, 0.4) is 0 Å². The van der Waals surface area contributed by atoms with Crippen molar-refractivity contribution in [3.63, 3.8) is 0 Å². The normalized spacial score (nSPS) is 11.8. The Hall–Kier alpha value is -2.23. The van der Waals surface area contributed by atoms with E-state index in [2.05, 4.69) is 26.2 Å². The van der Waals surface area contributed by atoms with Crippen molar-refractivity contribution in [3.05, 3.63) is 70.8 Å². The third-order valence-corrected chi connectivity index (χ3v) is 12.7. The van der Waals surface area contributed by atoms with Gasteiger partial charge in [0.1, 0.15) is 0 Å². The van der Waals surface area contributed by atoms with Gasteiger partial charge in [-0.25, -0.2) is 9.59 Å². The van der Waals surface area contributed by atoms with E-state index in [1.807, 2.05) is 48.5 Å². The number of hydrogen-bond donors (Lipinski definition) is 0. The zero-order valence-corrected chi connectivity index (χ0v) is 21.5. The fourth-order valence-corrected chi connectivity index (χ4v) is 12.2. The Labute approximate surface area is 188 Å². The Morgan fingerprint density at radius 2 is 0.968 bits per heavy atom. The predicted molar refractivity (Wildman–Crippen MR) is 129 cm³/mol. The number of carbonyl (C=O) groups is 2. The van der Waals surface area contributed by atoms with Crippen LogP contribution in [0.15, 0.2) is 48.5 Å². The number of ether oxygens (including phenoxy) is 2. The molecule has 0 saturated carbocycles. The fraction of sp³-hybridized carbons (Fsp3) is 0.417. The van der Waals surface area contributed by atoms with Crippen LogP contribution in [0.25, 0.3) is 0 Å².